The maximum Gasteiger partial charge on any atom is 0.128 e. The first kappa shape index (κ1) is 20.9. The number of rotatable bonds is 7. The minimum atomic E-state index is -1.24. The van der Waals surface area contributed by atoms with Crippen molar-refractivity contribution in [3.05, 3.63) is 46.5 Å². The molecule has 0 saturated carbocycles. The molecule has 1 aromatic carbocycles. The van der Waals surface area contributed by atoms with Crippen LogP contribution in [0.5, 0.6) is 0 Å². The number of allylic oxidation sites excluding steroid dienone is 1. The Morgan fingerprint density at radius 1 is 1.08 bits per heavy atom. The van der Waals surface area contributed by atoms with Crippen molar-refractivity contribution < 1.29 is 4.18 Å². The minimum absolute atomic E-state index is 0.502. The van der Waals surface area contributed by atoms with Crippen molar-refractivity contribution in [3.8, 4) is 0 Å². The summed E-state index contributed by atoms with van der Waals surface area (Å²) in [5.41, 5.74) is 1.37. The molecule has 0 atom stereocenters. The van der Waals surface area contributed by atoms with Gasteiger partial charge < -0.3 is 4.18 Å². The zero-order valence-corrected chi connectivity index (χ0v) is 17.7. The van der Waals surface area contributed by atoms with Crippen LogP contribution in [-0.2, 0) is 10.6 Å². The van der Waals surface area contributed by atoms with Gasteiger partial charge in [-0.2, -0.15) is 0 Å². The lowest BCUT2D eigenvalue weighted by Gasteiger charge is -2.50. The Bertz CT molecular complexity index is 646. The number of aryl methyl sites for hydroxylation is 1. The highest BCUT2D eigenvalue weighted by Gasteiger charge is 2.37. The lowest BCUT2D eigenvalue weighted by Crippen LogP contribution is -2.31. The van der Waals surface area contributed by atoms with E-state index in [0.717, 1.165) is 12.2 Å². The predicted octanol–water partition coefficient (Wildman–Crippen LogP) is 5.31. The van der Waals surface area contributed by atoms with Crippen molar-refractivity contribution in [2.45, 2.75) is 77.6 Å². The van der Waals surface area contributed by atoms with Gasteiger partial charge in [0.2, 0.25) is 0 Å². The molecule has 0 aliphatic rings. The summed E-state index contributed by atoms with van der Waals surface area (Å²) in [5.74, 6) is 0.789. The zero-order valence-electron chi connectivity index (χ0n) is 16.8. The van der Waals surface area contributed by atoms with E-state index in [1.165, 1.54) is 16.0 Å². The van der Waals surface area contributed by atoms with Gasteiger partial charge in [-0.05, 0) is 35.4 Å². The summed E-state index contributed by atoms with van der Waals surface area (Å²) in [6, 6.07) is 6.47. The van der Waals surface area contributed by atoms with Gasteiger partial charge in [0.1, 0.15) is 5.76 Å². The van der Waals surface area contributed by atoms with Crippen molar-refractivity contribution >= 4 is 22.5 Å². The van der Waals surface area contributed by atoms with Gasteiger partial charge >= 0.3 is 0 Å². The Labute approximate surface area is 151 Å². The topological polar surface area (TPSA) is 9.23 Å². The van der Waals surface area contributed by atoms with E-state index in [9.17, 15) is 0 Å². The molecule has 0 aliphatic carbocycles. The summed E-state index contributed by atoms with van der Waals surface area (Å²) >= 11 is 0. The number of hydrogen-bond acceptors (Lipinski definition) is 1. The summed E-state index contributed by atoms with van der Waals surface area (Å²) < 4.78 is 6.62. The minimum Gasteiger partial charge on any atom is -0.449 e. The third-order valence-electron chi connectivity index (χ3n) is 4.68. The van der Waals surface area contributed by atoms with Crippen LogP contribution in [0.1, 0.15) is 61.0 Å². The van der Waals surface area contributed by atoms with Gasteiger partial charge in [-0.15, -0.1) is 0 Å². The maximum atomic E-state index is 6.62. The lowest BCUT2D eigenvalue weighted by molar-refractivity contribution is 0.486. The molecule has 0 aromatic heterocycles. The molecule has 0 fully saturated rings. The van der Waals surface area contributed by atoms with E-state index < -0.39 is 10.3 Å². The van der Waals surface area contributed by atoms with Gasteiger partial charge in [-0.3, -0.25) is 0 Å². The fraction of sp³-hybridized carbons (Fsp3) is 0.545. The first-order valence-corrected chi connectivity index (χ1v) is 10.9. The molecule has 1 nitrogen and oxygen atoms in total. The average molecular weight is 349 g/mol. The zero-order chi connectivity index (χ0) is 18.5. The lowest BCUT2D eigenvalue weighted by atomic mass is 10.1. The Morgan fingerprint density at radius 3 is 2.04 bits per heavy atom. The predicted molar refractivity (Wildman–Crippen MR) is 113 cm³/mol. The molecule has 0 aliphatic heterocycles. The van der Waals surface area contributed by atoms with Crippen LogP contribution < -0.4 is 10.4 Å². The molecule has 0 N–H and O–H groups in total. The van der Waals surface area contributed by atoms with E-state index in [-0.39, 0.29) is 0 Å². The molecule has 1 rings (SSSR count). The van der Waals surface area contributed by atoms with Crippen LogP contribution in [-0.4, -0.2) is 15.7 Å². The van der Waals surface area contributed by atoms with Crippen LogP contribution >= 0.6 is 10.3 Å². The molecule has 0 bridgehead atoms. The Morgan fingerprint density at radius 2 is 1.62 bits per heavy atom. The fourth-order valence-corrected chi connectivity index (χ4v) is 7.99. The van der Waals surface area contributed by atoms with E-state index in [0.29, 0.717) is 15.7 Å². The largest absolute Gasteiger partial charge is 0.449 e. The van der Waals surface area contributed by atoms with Crippen LogP contribution in [0.2, 0.25) is 0 Å². The quantitative estimate of drug-likeness (QED) is 0.607. The second-order valence-corrected chi connectivity index (χ2v) is 11.5. The summed E-state index contributed by atoms with van der Waals surface area (Å²) in [4.78, 5) is 0. The van der Waals surface area contributed by atoms with Gasteiger partial charge in [0, 0.05) is 15.7 Å². The average Bonchev–Trinajstić information content (AvgIpc) is 2.51. The van der Waals surface area contributed by atoms with Crippen molar-refractivity contribution in [3.63, 3.8) is 0 Å². The van der Waals surface area contributed by atoms with E-state index in [1.807, 2.05) is 0 Å². The Hall–Kier alpha value is -1.15. The third kappa shape index (κ3) is 4.27. The molecule has 0 heterocycles. The highest BCUT2D eigenvalue weighted by molar-refractivity contribution is 8.31. The first-order chi connectivity index (χ1) is 11.2. The summed E-state index contributed by atoms with van der Waals surface area (Å²) in [5, 5.41) is 4.00. The molecule has 2 heteroatoms. The molecular weight excluding hydrogens is 312 g/mol. The van der Waals surface area contributed by atoms with Crippen molar-refractivity contribution in [1.82, 2.24) is 0 Å². The standard InChI is InChI=1S/C22H36OS/c1-10-20-13-12-14-21(22(20)11-2)15-19(9)23-24(16(3)4,17(5)6)18(7)8/h11-18H,9-10H2,1-8H3/b21-15-,22-11-. The molecule has 0 spiro atoms. The monoisotopic (exact) mass is 348 g/mol. The molecule has 1 aromatic rings. The summed E-state index contributed by atoms with van der Waals surface area (Å²) in [7, 11) is -1.24. The molecular formula is C22H36OS. The van der Waals surface area contributed by atoms with Gasteiger partial charge in [0.15, 0.2) is 0 Å². The smallest absolute Gasteiger partial charge is 0.128 e. The number of benzene rings is 1. The van der Waals surface area contributed by atoms with Crippen molar-refractivity contribution in [2.75, 3.05) is 0 Å². The van der Waals surface area contributed by atoms with Crippen molar-refractivity contribution in [1.29, 1.82) is 0 Å². The molecule has 0 radical (unpaired) electrons. The second-order valence-electron chi connectivity index (χ2n) is 7.10. The normalized spacial score (nSPS) is 14.8. The van der Waals surface area contributed by atoms with Crippen LogP contribution in [0.25, 0.3) is 12.2 Å². The molecule has 136 valence electrons. The highest BCUT2D eigenvalue weighted by atomic mass is 32.3. The second kappa shape index (κ2) is 8.80. The van der Waals surface area contributed by atoms with Gasteiger partial charge in [-0.25, -0.2) is 0 Å². The fourth-order valence-electron chi connectivity index (χ4n) is 3.72. The van der Waals surface area contributed by atoms with Crippen LogP contribution in [0.15, 0.2) is 30.5 Å². The summed E-state index contributed by atoms with van der Waals surface area (Å²) in [6.07, 6.45) is 5.34. The van der Waals surface area contributed by atoms with E-state index in [4.69, 9.17) is 4.18 Å². The highest BCUT2D eigenvalue weighted by Crippen LogP contribution is 2.62. The van der Waals surface area contributed by atoms with Gasteiger partial charge in [0.25, 0.3) is 0 Å². The third-order valence-corrected chi connectivity index (χ3v) is 9.60. The summed E-state index contributed by atoms with van der Waals surface area (Å²) in [6.45, 7) is 22.2. The van der Waals surface area contributed by atoms with Gasteiger partial charge in [0.05, 0.1) is 0 Å². The molecule has 24 heavy (non-hydrogen) atoms. The van der Waals surface area contributed by atoms with Crippen molar-refractivity contribution in [2.24, 2.45) is 0 Å². The Kier molecular flexibility index (Phi) is 7.66. The van der Waals surface area contributed by atoms with E-state index in [2.05, 4.69) is 92.3 Å². The van der Waals surface area contributed by atoms with Gasteiger partial charge in [-0.1, -0.05) is 89.6 Å². The molecule has 0 saturated heterocycles. The maximum absolute atomic E-state index is 6.62. The first-order valence-electron chi connectivity index (χ1n) is 9.14. The molecule has 0 amide bonds. The van der Waals surface area contributed by atoms with E-state index in [1.54, 1.807) is 0 Å². The SMILES string of the molecule is C=C(/C=c1/cccc(CC)/c1=C/C)OS(C(C)C)(C(C)C)C(C)C. The Balaban J connectivity index is 3.34. The van der Waals surface area contributed by atoms with Crippen LogP contribution in [0.3, 0.4) is 0 Å². The van der Waals surface area contributed by atoms with E-state index >= 15 is 0 Å². The number of hydrogen-bond donors (Lipinski definition) is 0. The van der Waals surface area contributed by atoms with Crippen LogP contribution in [0, 0.1) is 0 Å². The van der Waals surface area contributed by atoms with Crippen LogP contribution in [0.4, 0.5) is 0 Å². The molecule has 0 unspecified atom stereocenters.